The molecule has 1 aromatic carbocycles. The van der Waals surface area contributed by atoms with Gasteiger partial charge in [0.05, 0.1) is 19.3 Å². The molecule has 142 valence electrons. The number of aromatic nitrogens is 1. The number of thioether (sulfide) groups is 1. The molecule has 0 bridgehead atoms. The summed E-state index contributed by atoms with van der Waals surface area (Å²) in [6.07, 6.45) is 0.972. The van der Waals surface area contributed by atoms with Crippen LogP contribution in [0.3, 0.4) is 0 Å². The van der Waals surface area contributed by atoms with E-state index in [1.54, 1.807) is 38.1 Å². The van der Waals surface area contributed by atoms with Gasteiger partial charge < -0.3 is 15.4 Å². The van der Waals surface area contributed by atoms with E-state index in [9.17, 15) is 4.39 Å². The van der Waals surface area contributed by atoms with Crippen molar-refractivity contribution in [1.82, 2.24) is 15.6 Å². The number of nitrogens with zero attached hydrogens (tertiary/aromatic N) is 2. The molecule has 0 spiro atoms. The van der Waals surface area contributed by atoms with Crippen molar-refractivity contribution < 1.29 is 9.13 Å². The highest BCUT2D eigenvalue weighted by atomic mass is 127. The van der Waals surface area contributed by atoms with Gasteiger partial charge >= 0.3 is 0 Å². The summed E-state index contributed by atoms with van der Waals surface area (Å²) in [6.45, 7) is 1.38. The number of halogens is 2. The number of nitrogens with one attached hydrogen (secondary N) is 2. The molecule has 8 heteroatoms. The van der Waals surface area contributed by atoms with Crippen LogP contribution in [0.1, 0.15) is 12.1 Å². The van der Waals surface area contributed by atoms with Crippen molar-refractivity contribution in [3.63, 3.8) is 0 Å². The number of guanidine groups is 1. The SMILES string of the molecule is CN=C(NCCCSc1ccc(F)cc1)NCc1cccc(OC)n1.I. The molecular weight excluding hydrogens is 466 g/mol. The first kappa shape index (κ1) is 22.5. The molecule has 0 saturated heterocycles. The molecule has 0 radical (unpaired) electrons. The van der Waals surface area contributed by atoms with E-state index in [-0.39, 0.29) is 29.8 Å². The van der Waals surface area contributed by atoms with Crippen LogP contribution in [0.25, 0.3) is 0 Å². The first-order valence-corrected chi connectivity index (χ1v) is 9.02. The first-order valence-electron chi connectivity index (χ1n) is 8.04. The van der Waals surface area contributed by atoms with Gasteiger partial charge in [0.1, 0.15) is 5.82 Å². The zero-order valence-electron chi connectivity index (χ0n) is 14.9. The predicted molar refractivity (Wildman–Crippen MR) is 116 cm³/mol. The normalized spacial score (nSPS) is 10.8. The van der Waals surface area contributed by atoms with Crippen LogP contribution in [0.2, 0.25) is 0 Å². The smallest absolute Gasteiger partial charge is 0.213 e. The van der Waals surface area contributed by atoms with Crippen LogP contribution >= 0.6 is 35.7 Å². The van der Waals surface area contributed by atoms with E-state index in [0.717, 1.165) is 35.3 Å². The fraction of sp³-hybridized carbons (Fsp3) is 0.333. The number of rotatable bonds is 8. The Hall–Kier alpha value is -1.55. The molecule has 0 amide bonds. The molecule has 26 heavy (non-hydrogen) atoms. The Morgan fingerprint density at radius 2 is 1.96 bits per heavy atom. The molecule has 2 rings (SSSR count). The molecule has 1 heterocycles. The molecule has 1 aromatic heterocycles. The monoisotopic (exact) mass is 490 g/mol. The van der Waals surface area contributed by atoms with Crippen molar-refractivity contribution in [3.8, 4) is 5.88 Å². The molecular formula is C18H24FIN4OS. The summed E-state index contributed by atoms with van der Waals surface area (Å²) in [5.41, 5.74) is 0.883. The van der Waals surface area contributed by atoms with Gasteiger partial charge in [-0.2, -0.15) is 0 Å². The van der Waals surface area contributed by atoms with Crippen molar-refractivity contribution in [2.75, 3.05) is 26.5 Å². The second-order valence-electron chi connectivity index (χ2n) is 5.18. The number of aliphatic imine (C=N–C) groups is 1. The molecule has 2 N–H and O–H groups in total. The maximum atomic E-state index is 12.8. The summed E-state index contributed by atoms with van der Waals surface area (Å²) in [4.78, 5) is 9.62. The molecule has 0 saturated carbocycles. The van der Waals surface area contributed by atoms with Crippen molar-refractivity contribution in [2.45, 2.75) is 17.9 Å². The fourth-order valence-corrected chi connectivity index (χ4v) is 2.92. The van der Waals surface area contributed by atoms with Gasteiger partial charge in [-0.3, -0.25) is 4.99 Å². The maximum absolute atomic E-state index is 12.8. The fourth-order valence-electron chi connectivity index (χ4n) is 2.06. The molecule has 5 nitrogen and oxygen atoms in total. The van der Waals surface area contributed by atoms with E-state index < -0.39 is 0 Å². The van der Waals surface area contributed by atoms with Crippen LogP contribution in [0.5, 0.6) is 5.88 Å². The van der Waals surface area contributed by atoms with E-state index in [0.29, 0.717) is 12.4 Å². The Morgan fingerprint density at radius 3 is 2.65 bits per heavy atom. The lowest BCUT2D eigenvalue weighted by Gasteiger charge is -2.12. The summed E-state index contributed by atoms with van der Waals surface area (Å²) in [5.74, 6) is 2.08. The van der Waals surface area contributed by atoms with Gasteiger partial charge in [-0.05, 0) is 42.5 Å². The van der Waals surface area contributed by atoms with Crippen LogP contribution in [-0.2, 0) is 6.54 Å². The number of benzene rings is 1. The highest BCUT2D eigenvalue weighted by Crippen LogP contribution is 2.18. The van der Waals surface area contributed by atoms with Crippen LogP contribution in [0.15, 0.2) is 52.4 Å². The topological polar surface area (TPSA) is 58.5 Å². The molecule has 0 aliphatic heterocycles. The predicted octanol–water partition coefficient (Wildman–Crippen LogP) is 3.69. The second-order valence-corrected chi connectivity index (χ2v) is 6.35. The maximum Gasteiger partial charge on any atom is 0.213 e. The third-order valence-electron chi connectivity index (χ3n) is 3.35. The van der Waals surface area contributed by atoms with Crippen LogP contribution in [-0.4, -0.2) is 37.4 Å². The van der Waals surface area contributed by atoms with Crippen molar-refractivity contribution in [2.24, 2.45) is 4.99 Å². The van der Waals surface area contributed by atoms with E-state index >= 15 is 0 Å². The van der Waals surface area contributed by atoms with Crippen molar-refractivity contribution in [3.05, 3.63) is 54.0 Å². The van der Waals surface area contributed by atoms with Crippen LogP contribution in [0, 0.1) is 5.82 Å². The minimum Gasteiger partial charge on any atom is -0.481 e. The van der Waals surface area contributed by atoms with E-state index in [1.165, 1.54) is 12.1 Å². The molecule has 2 aromatic rings. The lowest BCUT2D eigenvalue weighted by Crippen LogP contribution is -2.37. The highest BCUT2D eigenvalue weighted by molar-refractivity contribution is 14.0. The average Bonchev–Trinajstić information content (AvgIpc) is 2.65. The van der Waals surface area contributed by atoms with Gasteiger partial charge in [0.2, 0.25) is 5.88 Å². The van der Waals surface area contributed by atoms with Gasteiger partial charge in [0.25, 0.3) is 0 Å². The molecule has 0 fully saturated rings. The Kier molecular flexibility index (Phi) is 11.0. The number of methoxy groups -OCH3 is 1. The molecule has 0 atom stereocenters. The van der Waals surface area contributed by atoms with Gasteiger partial charge in [-0.25, -0.2) is 9.37 Å². The summed E-state index contributed by atoms with van der Waals surface area (Å²) in [5, 5.41) is 6.49. The van der Waals surface area contributed by atoms with E-state index in [1.807, 2.05) is 18.2 Å². The molecule has 0 unspecified atom stereocenters. The Bertz CT molecular complexity index is 685. The van der Waals surface area contributed by atoms with Crippen LogP contribution in [0.4, 0.5) is 4.39 Å². The number of ether oxygens (including phenoxy) is 1. The molecule has 0 aliphatic rings. The second kappa shape index (κ2) is 12.7. The van der Waals surface area contributed by atoms with Gasteiger partial charge in [-0.15, -0.1) is 35.7 Å². The summed E-state index contributed by atoms with van der Waals surface area (Å²) in [7, 11) is 3.34. The Morgan fingerprint density at radius 1 is 1.19 bits per heavy atom. The van der Waals surface area contributed by atoms with Gasteiger partial charge in [0.15, 0.2) is 5.96 Å². The average molecular weight is 490 g/mol. The highest BCUT2D eigenvalue weighted by Gasteiger charge is 2.01. The lowest BCUT2D eigenvalue weighted by atomic mass is 10.3. The van der Waals surface area contributed by atoms with Crippen LogP contribution < -0.4 is 15.4 Å². The summed E-state index contributed by atoms with van der Waals surface area (Å²) >= 11 is 1.71. The standard InChI is InChI=1S/C18H23FN4OS.HI/c1-20-18(22-13-15-5-3-6-17(23-15)24-2)21-11-4-12-25-16-9-7-14(19)8-10-16;/h3,5-10H,4,11-13H2,1-2H3,(H2,20,21,22);1H. The zero-order chi connectivity index (χ0) is 17.9. The molecule has 0 aliphatic carbocycles. The number of hydrogen-bond acceptors (Lipinski definition) is 4. The largest absolute Gasteiger partial charge is 0.481 e. The minimum atomic E-state index is -0.202. The quantitative estimate of drug-likeness (QED) is 0.194. The third-order valence-corrected chi connectivity index (χ3v) is 4.45. The summed E-state index contributed by atoms with van der Waals surface area (Å²) in [6, 6.07) is 12.2. The summed E-state index contributed by atoms with van der Waals surface area (Å²) < 4.78 is 18.0. The zero-order valence-corrected chi connectivity index (χ0v) is 18.0. The number of hydrogen-bond donors (Lipinski definition) is 2. The van der Waals surface area contributed by atoms with Gasteiger partial charge in [0, 0.05) is 24.6 Å². The Balaban J connectivity index is 0.00000338. The van der Waals surface area contributed by atoms with Crippen molar-refractivity contribution in [1.29, 1.82) is 0 Å². The van der Waals surface area contributed by atoms with Gasteiger partial charge in [-0.1, -0.05) is 6.07 Å². The number of pyridine rings is 1. The van der Waals surface area contributed by atoms with E-state index in [2.05, 4.69) is 20.6 Å². The third kappa shape index (κ3) is 8.22. The first-order chi connectivity index (χ1) is 12.2. The minimum absolute atomic E-state index is 0. The van der Waals surface area contributed by atoms with E-state index in [4.69, 9.17) is 4.74 Å². The van der Waals surface area contributed by atoms with Crippen molar-refractivity contribution >= 4 is 41.7 Å². The lowest BCUT2D eigenvalue weighted by molar-refractivity contribution is 0.396. The Labute approximate surface area is 175 Å².